The molecule has 94 valence electrons. The summed E-state index contributed by atoms with van der Waals surface area (Å²) in [6.07, 6.45) is 3.86. The third-order valence-corrected chi connectivity index (χ3v) is 4.68. The first-order valence-electron chi connectivity index (χ1n) is 6.22. The van der Waals surface area contributed by atoms with E-state index >= 15 is 0 Å². The van der Waals surface area contributed by atoms with E-state index in [4.69, 9.17) is 5.11 Å². The van der Waals surface area contributed by atoms with E-state index in [2.05, 4.69) is 11.4 Å². The molecule has 1 aromatic carbocycles. The normalized spacial score (nSPS) is 15.8. The van der Waals surface area contributed by atoms with E-state index in [1.54, 1.807) is 17.4 Å². The molecular weight excluding hydrogens is 246 g/mol. The maximum Gasteiger partial charge on any atom is 0.337 e. The van der Waals surface area contributed by atoms with Crippen LogP contribution in [-0.2, 0) is 6.54 Å². The minimum Gasteiger partial charge on any atom is -0.478 e. The fourth-order valence-electron chi connectivity index (χ4n) is 2.23. The Morgan fingerprint density at radius 3 is 2.94 bits per heavy atom. The van der Waals surface area contributed by atoms with Gasteiger partial charge >= 0.3 is 5.97 Å². The average molecular weight is 261 g/mol. The summed E-state index contributed by atoms with van der Waals surface area (Å²) in [5.41, 5.74) is 0.410. The van der Waals surface area contributed by atoms with Gasteiger partial charge in [0.2, 0.25) is 0 Å². The van der Waals surface area contributed by atoms with Gasteiger partial charge < -0.3 is 10.4 Å². The highest BCUT2D eigenvalue weighted by Gasteiger charge is 2.17. The van der Waals surface area contributed by atoms with Gasteiger partial charge in [0.15, 0.2) is 0 Å². The van der Waals surface area contributed by atoms with Gasteiger partial charge in [0.25, 0.3) is 0 Å². The van der Waals surface area contributed by atoms with Crippen molar-refractivity contribution in [2.45, 2.75) is 31.8 Å². The molecule has 1 saturated carbocycles. The van der Waals surface area contributed by atoms with Crippen molar-refractivity contribution in [3.05, 3.63) is 34.7 Å². The molecule has 1 aliphatic carbocycles. The number of aromatic carboxylic acids is 1. The first kappa shape index (κ1) is 11.7. The van der Waals surface area contributed by atoms with Crippen molar-refractivity contribution < 1.29 is 9.90 Å². The van der Waals surface area contributed by atoms with E-state index in [0.29, 0.717) is 11.6 Å². The molecule has 0 atom stereocenters. The summed E-state index contributed by atoms with van der Waals surface area (Å²) in [5, 5.41) is 13.7. The second-order valence-electron chi connectivity index (χ2n) is 4.75. The van der Waals surface area contributed by atoms with E-state index in [1.807, 2.05) is 12.1 Å². The van der Waals surface area contributed by atoms with Crippen molar-refractivity contribution in [1.29, 1.82) is 0 Å². The lowest BCUT2D eigenvalue weighted by molar-refractivity contribution is 0.0699. The van der Waals surface area contributed by atoms with Gasteiger partial charge in [-0.2, -0.15) is 0 Å². The van der Waals surface area contributed by atoms with Gasteiger partial charge in [-0.1, -0.05) is 18.6 Å². The number of hydrogen-bond donors (Lipinski definition) is 2. The van der Waals surface area contributed by atoms with E-state index in [0.717, 1.165) is 16.6 Å². The van der Waals surface area contributed by atoms with Gasteiger partial charge in [0.05, 0.1) is 5.56 Å². The van der Waals surface area contributed by atoms with Gasteiger partial charge in [-0.25, -0.2) is 4.79 Å². The molecule has 1 fully saturated rings. The molecule has 0 unspecified atom stereocenters. The number of benzene rings is 1. The number of nitrogens with one attached hydrogen (secondary N) is 1. The number of carbonyl (C=O) groups is 1. The zero-order valence-corrected chi connectivity index (χ0v) is 10.8. The Bertz CT molecular complexity index is 586. The van der Waals surface area contributed by atoms with Gasteiger partial charge in [-0.15, -0.1) is 11.3 Å². The second-order valence-corrected chi connectivity index (χ2v) is 5.89. The fraction of sp³-hybridized carbons (Fsp3) is 0.357. The van der Waals surface area contributed by atoms with Crippen molar-refractivity contribution in [2.75, 3.05) is 0 Å². The lowest BCUT2D eigenvalue weighted by Gasteiger charge is -2.26. The lowest BCUT2D eigenvalue weighted by Crippen LogP contribution is -2.34. The number of fused-ring (bicyclic) bond motifs is 1. The highest BCUT2D eigenvalue weighted by Crippen LogP contribution is 2.29. The summed E-state index contributed by atoms with van der Waals surface area (Å²) < 4.78 is 0.885. The third-order valence-electron chi connectivity index (χ3n) is 3.50. The van der Waals surface area contributed by atoms with Crippen molar-refractivity contribution in [2.24, 2.45) is 0 Å². The Labute approximate surface area is 109 Å². The molecule has 0 bridgehead atoms. The summed E-state index contributed by atoms with van der Waals surface area (Å²) in [6.45, 7) is 0.850. The van der Waals surface area contributed by atoms with E-state index in [-0.39, 0.29) is 0 Å². The van der Waals surface area contributed by atoms with Gasteiger partial charge in [-0.3, -0.25) is 0 Å². The predicted octanol–water partition coefficient (Wildman–Crippen LogP) is 3.24. The number of rotatable bonds is 4. The zero-order chi connectivity index (χ0) is 12.5. The molecular formula is C14H15NO2S. The molecule has 0 aliphatic heterocycles. The Morgan fingerprint density at radius 2 is 2.28 bits per heavy atom. The molecule has 0 saturated heterocycles. The monoisotopic (exact) mass is 261 g/mol. The van der Waals surface area contributed by atoms with Crippen LogP contribution in [0.4, 0.5) is 0 Å². The van der Waals surface area contributed by atoms with Crippen LogP contribution in [0.5, 0.6) is 0 Å². The maximum atomic E-state index is 11.1. The fourth-order valence-corrected chi connectivity index (χ4v) is 3.34. The summed E-state index contributed by atoms with van der Waals surface area (Å²) in [7, 11) is 0. The minimum atomic E-state index is -0.846. The molecule has 18 heavy (non-hydrogen) atoms. The second kappa shape index (κ2) is 4.71. The summed E-state index contributed by atoms with van der Waals surface area (Å²) in [5.74, 6) is -0.846. The molecule has 1 heterocycles. The van der Waals surface area contributed by atoms with Crippen molar-refractivity contribution in [1.82, 2.24) is 5.32 Å². The Hall–Kier alpha value is -1.39. The minimum absolute atomic E-state index is 0.410. The largest absolute Gasteiger partial charge is 0.478 e. The van der Waals surface area contributed by atoms with Crippen LogP contribution in [0.25, 0.3) is 10.1 Å². The first-order valence-corrected chi connectivity index (χ1v) is 7.04. The molecule has 4 heteroatoms. The number of carboxylic acids is 1. The lowest BCUT2D eigenvalue weighted by atomic mass is 9.93. The highest BCUT2D eigenvalue weighted by molar-refractivity contribution is 7.19. The number of hydrogen-bond acceptors (Lipinski definition) is 3. The number of thiophene rings is 1. The molecule has 0 amide bonds. The van der Waals surface area contributed by atoms with Crippen LogP contribution in [-0.4, -0.2) is 17.1 Å². The van der Waals surface area contributed by atoms with Crippen LogP contribution in [0.3, 0.4) is 0 Å². The van der Waals surface area contributed by atoms with Crippen molar-refractivity contribution >= 4 is 27.4 Å². The van der Waals surface area contributed by atoms with E-state index < -0.39 is 5.97 Å². The van der Waals surface area contributed by atoms with Crippen molar-refractivity contribution in [3.63, 3.8) is 0 Å². The molecule has 3 rings (SSSR count). The average Bonchev–Trinajstić information content (AvgIpc) is 2.68. The maximum absolute atomic E-state index is 11.1. The summed E-state index contributed by atoms with van der Waals surface area (Å²) in [4.78, 5) is 12.4. The zero-order valence-electron chi connectivity index (χ0n) is 9.98. The molecule has 0 radical (unpaired) electrons. The standard InChI is InChI=1S/C14H15NO2S/c16-14(17)12-6-1-3-9-7-11(18-13(9)12)8-15-10-4-2-5-10/h1,3,6-7,10,15H,2,4-5,8H2,(H,16,17). The first-order chi connectivity index (χ1) is 8.74. The smallest absolute Gasteiger partial charge is 0.337 e. The van der Waals surface area contributed by atoms with Crippen LogP contribution in [0.2, 0.25) is 0 Å². The molecule has 2 N–H and O–H groups in total. The predicted molar refractivity (Wildman–Crippen MR) is 73.3 cm³/mol. The van der Waals surface area contributed by atoms with E-state index in [1.165, 1.54) is 24.1 Å². The van der Waals surface area contributed by atoms with Gasteiger partial charge in [0.1, 0.15) is 0 Å². The topological polar surface area (TPSA) is 49.3 Å². The SMILES string of the molecule is O=C(O)c1cccc2cc(CNC3CCC3)sc12. The van der Waals surface area contributed by atoms with Gasteiger partial charge in [0, 0.05) is 22.2 Å². The van der Waals surface area contributed by atoms with Crippen LogP contribution < -0.4 is 5.32 Å². The van der Waals surface area contributed by atoms with Crippen LogP contribution in [0.15, 0.2) is 24.3 Å². The Balaban J connectivity index is 1.85. The molecule has 1 aliphatic rings. The quantitative estimate of drug-likeness (QED) is 0.888. The van der Waals surface area contributed by atoms with Crippen LogP contribution in [0.1, 0.15) is 34.5 Å². The Kier molecular flexibility index (Phi) is 3.06. The number of carboxylic acid groups (broad SMARTS) is 1. The Morgan fingerprint density at radius 1 is 1.44 bits per heavy atom. The van der Waals surface area contributed by atoms with Crippen LogP contribution in [0, 0.1) is 0 Å². The van der Waals surface area contributed by atoms with Crippen molar-refractivity contribution in [3.8, 4) is 0 Å². The summed E-state index contributed by atoms with van der Waals surface area (Å²) >= 11 is 1.59. The molecule has 1 aromatic heterocycles. The highest BCUT2D eigenvalue weighted by atomic mass is 32.1. The molecule has 3 nitrogen and oxygen atoms in total. The molecule has 0 spiro atoms. The summed E-state index contributed by atoms with van der Waals surface area (Å²) in [6, 6.07) is 8.21. The van der Waals surface area contributed by atoms with Crippen LogP contribution >= 0.6 is 11.3 Å². The molecule has 2 aromatic rings. The third kappa shape index (κ3) is 2.13. The van der Waals surface area contributed by atoms with Gasteiger partial charge in [-0.05, 0) is 30.4 Å². The van der Waals surface area contributed by atoms with E-state index in [9.17, 15) is 4.79 Å².